The summed E-state index contributed by atoms with van der Waals surface area (Å²) in [4.78, 5) is 18.4. The molecule has 8 heteroatoms. The molecule has 1 fully saturated rings. The number of ether oxygens (including phenoxy) is 1. The van der Waals surface area contributed by atoms with Crippen molar-refractivity contribution < 1.29 is 9.53 Å². The van der Waals surface area contributed by atoms with Crippen molar-refractivity contribution in [1.29, 1.82) is 5.26 Å². The zero-order valence-electron chi connectivity index (χ0n) is 12.3. The summed E-state index contributed by atoms with van der Waals surface area (Å²) in [5.41, 5.74) is 1.71. The summed E-state index contributed by atoms with van der Waals surface area (Å²) in [6, 6.07) is 5.13. The van der Waals surface area contributed by atoms with Crippen molar-refractivity contribution in [3.05, 3.63) is 41.5 Å². The van der Waals surface area contributed by atoms with Gasteiger partial charge in [0.15, 0.2) is 0 Å². The molecule has 0 aromatic carbocycles. The molecule has 2 aliphatic rings. The molecule has 0 saturated carbocycles. The predicted octanol–water partition coefficient (Wildman–Crippen LogP) is 0.531. The van der Waals surface area contributed by atoms with E-state index in [1.54, 1.807) is 23.2 Å². The number of pyridine rings is 1. The average Bonchev–Trinajstić information content (AvgIpc) is 3.10. The Bertz CT molecular complexity index is 778. The van der Waals surface area contributed by atoms with Crippen molar-refractivity contribution in [2.75, 3.05) is 13.1 Å². The molecule has 2 aromatic heterocycles. The van der Waals surface area contributed by atoms with Crippen LogP contribution < -0.4 is 0 Å². The normalized spacial score (nSPS) is 22.8. The van der Waals surface area contributed by atoms with Crippen LogP contribution in [0.5, 0.6) is 0 Å². The van der Waals surface area contributed by atoms with E-state index >= 15 is 0 Å². The number of carbonyl (C=O) groups is 1. The second-order valence-corrected chi connectivity index (χ2v) is 5.67. The van der Waals surface area contributed by atoms with Crippen molar-refractivity contribution in [3.8, 4) is 6.07 Å². The quantitative estimate of drug-likeness (QED) is 0.762. The first-order chi connectivity index (χ1) is 11.3. The molecule has 116 valence electrons. The van der Waals surface area contributed by atoms with Gasteiger partial charge in [0.2, 0.25) is 0 Å². The van der Waals surface area contributed by atoms with Crippen LogP contribution in [0.15, 0.2) is 24.5 Å². The second kappa shape index (κ2) is 5.44. The number of rotatable bonds is 1. The zero-order valence-corrected chi connectivity index (χ0v) is 12.3. The van der Waals surface area contributed by atoms with Crippen molar-refractivity contribution in [2.24, 2.45) is 0 Å². The molecule has 4 heterocycles. The lowest BCUT2D eigenvalue weighted by atomic mass is 9.99. The van der Waals surface area contributed by atoms with E-state index in [0.717, 1.165) is 12.1 Å². The monoisotopic (exact) mass is 310 g/mol. The fraction of sp³-hybridized carbons (Fsp3) is 0.400. The van der Waals surface area contributed by atoms with Crippen molar-refractivity contribution in [2.45, 2.75) is 25.2 Å². The molecule has 0 unspecified atom stereocenters. The fourth-order valence-electron chi connectivity index (χ4n) is 3.13. The summed E-state index contributed by atoms with van der Waals surface area (Å²) >= 11 is 0. The molecule has 0 bridgehead atoms. The maximum absolute atomic E-state index is 12.6. The summed E-state index contributed by atoms with van der Waals surface area (Å²) < 4.78 is 7.71. The van der Waals surface area contributed by atoms with Crippen LogP contribution in [0, 0.1) is 11.3 Å². The highest BCUT2D eigenvalue weighted by Gasteiger charge is 2.38. The van der Waals surface area contributed by atoms with Crippen LogP contribution in [0.4, 0.5) is 0 Å². The maximum atomic E-state index is 12.6. The first-order valence-electron chi connectivity index (χ1n) is 7.42. The first-order valence-corrected chi connectivity index (χ1v) is 7.42. The molecule has 2 aliphatic heterocycles. The molecule has 2 atom stereocenters. The number of hydrogen-bond acceptors (Lipinski definition) is 6. The number of nitrogens with zero attached hydrogens (tertiary/aromatic N) is 6. The van der Waals surface area contributed by atoms with Crippen LogP contribution in [0.25, 0.3) is 0 Å². The highest BCUT2D eigenvalue weighted by atomic mass is 16.5. The SMILES string of the molecule is N#Cc1ccc(C(=O)N2CC[C@@H]3OCc4cnnn4[C@@H]3C2)cn1. The van der Waals surface area contributed by atoms with Gasteiger partial charge in [-0.2, -0.15) is 5.26 Å². The lowest BCUT2D eigenvalue weighted by Crippen LogP contribution is -2.49. The van der Waals surface area contributed by atoms with Gasteiger partial charge >= 0.3 is 0 Å². The third-order valence-corrected chi connectivity index (χ3v) is 4.34. The van der Waals surface area contributed by atoms with E-state index in [9.17, 15) is 4.79 Å². The third-order valence-electron chi connectivity index (χ3n) is 4.34. The first kappa shape index (κ1) is 13.8. The Balaban J connectivity index is 1.55. The molecule has 0 radical (unpaired) electrons. The number of carbonyl (C=O) groups excluding carboxylic acids is 1. The summed E-state index contributed by atoms with van der Waals surface area (Å²) in [6.45, 7) is 1.67. The van der Waals surface area contributed by atoms with E-state index < -0.39 is 0 Å². The summed E-state index contributed by atoms with van der Waals surface area (Å²) in [7, 11) is 0. The molecular weight excluding hydrogens is 296 g/mol. The summed E-state index contributed by atoms with van der Waals surface area (Å²) in [5, 5.41) is 16.8. The van der Waals surface area contributed by atoms with E-state index in [0.29, 0.717) is 31.0 Å². The van der Waals surface area contributed by atoms with Crippen LogP contribution in [-0.4, -0.2) is 50.0 Å². The standard InChI is InChI=1S/C15H14N6O2/c16-5-11-2-1-10(6-17-11)15(22)20-4-3-14-13(8-20)21-12(9-23-14)7-18-19-21/h1-2,6-7,13-14H,3-4,8-9H2/t13-,14+/m1/s1. The Labute approximate surface area is 132 Å². The Morgan fingerprint density at radius 1 is 1.39 bits per heavy atom. The Kier molecular flexibility index (Phi) is 3.28. The Morgan fingerprint density at radius 3 is 3.09 bits per heavy atom. The predicted molar refractivity (Wildman–Crippen MR) is 77.1 cm³/mol. The third kappa shape index (κ3) is 2.35. The number of nitriles is 1. The Hall–Kier alpha value is -2.79. The number of hydrogen-bond donors (Lipinski definition) is 0. The highest BCUT2D eigenvalue weighted by Crippen LogP contribution is 2.30. The molecule has 2 aromatic rings. The van der Waals surface area contributed by atoms with Crippen LogP contribution in [0.1, 0.15) is 34.2 Å². The number of likely N-dealkylation sites (tertiary alicyclic amines) is 1. The molecule has 0 aliphatic carbocycles. The van der Waals surface area contributed by atoms with Crippen molar-refractivity contribution in [3.63, 3.8) is 0 Å². The highest BCUT2D eigenvalue weighted by molar-refractivity contribution is 5.94. The van der Waals surface area contributed by atoms with Gasteiger partial charge in [0.25, 0.3) is 5.91 Å². The number of fused-ring (bicyclic) bond motifs is 3. The number of amides is 1. The topological polar surface area (TPSA) is 96.9 Å². The van der Waals surface area contributed by atoms with Crippen molar-refractivity contribution >= 4 is 5.91 Å². The van der Waals surface area contributed by atoms with Crippen molar-refractivity contribution in [1.82, 2.24) is 24.9 Å². The Morgan fingerprint density at radius 2 is 2.30 bits per heavy atom. The molecule has 0 spiro atoms. The van der Waals surface area contributed by atoms with Crippen LogP contribution in [0.2, 0.25) is 0 Å². The molecule has 1 saturated heterocycles. The minimum absolute atomic E-state index is 0.00899. The second-order valence-electron chi connectivity index (χ2n) is 5.67. The van der Waals surface area contributed by atoms with Crippen LogP contribution >= 0.6 is 0 Å². The van der Waals surface area contributed by atoms with Gasteiger partial charge in [0, 0.05) is 19.3 Å². The molecular formula is C15H14N6O2. The minimum atomic E-state index is -0.0901. The van der Waals surface area contributed by atoms with Gasteiger partial charge in [0.1, 0.15) is 11.8 Å². The minimum Gasteiger partial charge on any atom is -0.370 e. The molecule has 0 N–H and O–H groups in total. The number of piperidine rings is 1. The van der Waals surface area contributed by atoms with Gasteiger partial charge in [-0.1, -0.05) is 5.21 Å². The largest absolute Gasteiger partial charge is 0.370 e. The van der Waals surface area contributed by atoms with E-state index in [-0.39, 0.29) is 18.1 Å². The van der Waals surface area contributed by atoms with Gasteiger partial charge in [-0.15, -0.1) is 5.10 Å². The van der Waals surface area contributed by atoms with Gasteiger partial charge in [-0.3, -0.25) is 4.79 Å². The lowest BCUT2D eigenvalue weighted by molar-refractivity contribution is -0.0605. The van der Waals surface area contributed by atoms with E-state index in [4.69, 9.17) is 10.00 Å². The zero-order chi connectivity index (χ0) is 15.8. The van der Waals surface area contributed by atoms with Gasteiger partial charge in [-0.05, 0) is 18.6 Å². The molecule has 23 heavy (non-hydrogen) atoms. The van der Waals surface area contributed by atoms with Gasteiger partial charge in [0.05, 0.1) is 36.2 Å². The van der Waals surface area contributed by atoms with E-state index in [1.165, 1.54) is 6.20 Å². The summed E-state index contributed by atoms with van der Waals surface area (Å²) in [5.74, 6) is -0.0901. The number of aromatic nitrogens is 4. The average molecular weight is 310 g/mol. The lowest BCUT2D eigenvalue weighted by Gasteiger charge is -2.40. The van der Waals surface area contributed by atoms with Gasteiger partial charge in [-0.25, -0.2) is 9.67 Å². The molecule has 1 amide bonds. The van der Waals surface area contributed by atoms with Crippen LogP contribution in [-0.2, 0) is 11.3 Å². The van der Waals surface area contributed by atoms with E-state index in [1.807, 2.05) is 10.8 Å². The van der Waals surface area contributed by atoms with Gasteiger partial charge < -0.3 is 9.64 Å². The molecule has 4 rings (SSSR count). The summed E-state index contributed by atoms with van der Waals surface area (Å²) in [6.07, 6.45) is 3.97. The van der Waals surface area contributed by atoms with E-state index in [2.05, 4.69) is 15.3 Å². The maximum Gasteiger partial charge on any atom is 0.255 e. The van der Waals surface area contributed by atoms with Crippen LogP contribution in [0.3, 0.4) is 0 Å². The fourth-order valence-corrected chi connectivity index (χ4v) is 3.13. The molecule has 8 nitrogen and oxygen atoms in total. The smallest absolute Gasteiger partial charge is 0.255 e.